The molecule has 0 spiro atoms. The number of carbonyl (C=O) groups is 1. The van der Waals surface area contributed by atoms with Crippen molar-refractivity contribution in [2.24, 2.45) is 0 Å². The molecule has 0 aliphatic carbocycles. The Labute approximate surface area is 189 Å². The molecule has 3 aromatic rings. The Kier molecular flexibility index (Phi) is 6.36. The van der Waals surface area contributed by atoms with Gasteiger partial charge in [0.2, 0.25) is 5.91 Å². The molecule has 164 valence electrons. The fourth-order valence-electron chi connectivity index (χ4n) is 3.50. The lowest BCUT2D eigenvalue weighted by atomic mass is 9.90. The van der Waals surface area contributed by atoms with E-state index in [4.69, 9.17) is 15.2 Å². The van der Waals surface area contributed by atoms with Gasteiger partial charge in [-0.25, -0.2) is 9.97 Å². The van der Waals surface area contributed by atoms with Gasteiger partial charge in [0.1, 0.15) is 16.4 Å². The third kappa shape index (κ3) is 4.78. The summed E-state index contributed by atoms with van der Waals surface area (Å²) in [6, 6.07) is 7.29. The maximum absolute atomic E-state index is 12.3. The van der Waals surface area contributed by atoms with Crippen molar-refractivity contribution in [2.45, 2.75) is 51.0 Å². The smallest absolute Gasteiger partial charge is 0.234 e. The molecule has 1 aliphatic heterocycles. The SMILES string of the molecule is CCOc1ccc(NC(=O)CSc2nc(N)c3c4c(sc3n2)COC(C)(CC)C4)cc1. The largest absolute Gasteiger partial charge is 0.494 e. The number of nitrogens with two attached hydrogens (primary N) is 1. The molecule has 2 aromatic heterocycles. The van der Waals surface area contributed by atoms with Crippen molar-refractivity contribution in [1.82, 2.24) is 9.97 Å². The Bertz CT molecular complexity index is 1100. The monoisotopic (exact) mass is 458 g/mol. The van der Waals surface area contributed by atoms with Crippen molar-refractivity contribution in [1.29, 1.82) is 0 Å². The number of ether oxygens (including phenoxy) is 2. The molecule has 1 amide bonds. The van der Waals surface area contributed by atoms with E-state index in [0.29, 0.717) is 24.2 Å². The zero-order valence-electron chi connectivity index (χ0n) is 17.9. The van der Waals surface area contributed by atoms with Gasteiger partial charge in [-0.2, -0.15) is 0 Å². The minimum Gasteiger partial charge on any atom is -0.494 e. The van der Waals surface area contributed by atoms with Gasteiger partial charge >= 0.3 is 0 Å². The first kappa shape index (κ1) is 21.9. The standard InChI is InChI=1S/C22H26N4O3S2/c1-4-22(3)10-15-16(11-29-22)31-20-18(15)19(23)25-21(26-20)30-12-17(27)24-13-6-8-14(9-7-13)28-5-2/h6-9H,4-5,10-12H2,1-3H3,(H,24,27)(H2,23,25,26). The van der Waals surface area contributed by atoms with Crippen LogP contribution in [-0.2, 0) is 22.6 Å². The van der Waals surface area contributed by atoms with Crippen LogP contribution in [-0.4, -0.2) is 33.8 Å². The van der Waals surface area contributed by atoms with Gasteiger partial charge in [0.15, 0.2) is 5.16 Å². The van der Waals surface area contributed by atoms with Crippen molar-refractivity contribution in [3.05, 3.63) is 34.7 Å². The Balaban J connectivity index is 1.44. The number of anilines is 2. The number of amides is 1. The summed E-state index contributed by atoms with van der Waals surface area (Å²) in [5.74, 6) is 1.31. The topological polar surface area (TPSA) is 99.4 Å². The van der Waals surface area contributed by atoms with Gasteiger partial charge in [-0.05, 0) is 50.1 Å². The number of thioether (sulfide) groups is 1. The third-order valence-corrected chi connectivity index (χ3v) is 7.32. The van der Waals surface area contributed by atoms with Crippen LogP contribution in [0.2, 0.25) is 0 Å². The van der Waals surface area contributed by atoms with Crippen molar-refractivity contribution in [3.8, 4) is 5.75 Å². The van der Waals surface area contributed by atoms with Crippen molar-refractivity contribution in [2.75, 3.05) is 23.4 Å². The number of hydrogen-bond acceptors (Lipinski definition) is 8. The zero-order chi connectivity index (χ0) is 22.0. The third-order valence-electron chi connectivity index (χ3n) is 5.37. The number of benzene rings is 1. The van der Waals surface area contributed by atoms with E-state index in [-0.39, 0.29) is 17.3 Å². The van der Waals surface area contributed by atoms with Crippen LogP contribution >= 0.6 is 23.1 Å². The van der Waals surface area contributed by atoms with Gasteiger partial charge in [-0.15, -0.1) is 11.3 Å². The molecule has 0 radical (unpaired) electrons. The first-order valence-electron chi connectivity index (χ1n) is 10.3. The normalized spacial score (nSPS) is 18.0. The van der Waals surface area contributed by atoms with E-state index in [2.05, 4.69) is 29.1 Å². The lowest BCUT2D eigenvalue weighted by Crippen LogP contribution is -2.33. The van der Waals surface area contributed by atoms with Gasteiger partial charge < -0.3 is 20.5 Å². The first-order chi connectivity index (χ1) is 14.9. The number of thiophene rings is 1. The Morgan fingerprint density at radius 1 is 1.32 bits per heavy atom. The molecule has 9 heteroatoms. The molecule has 4 rings (SSSR count). The van der Waals surface area contributed by atoms with Gasteiger partial charge in [-0.3, -0.25) is 4.79 Å². The minimum absolute atomic E-state index is 0.131. The average molecular weight is 459 g/mol. The molecule has 1 atom stereocenters. The second-order valence-electron chi connectivity index (χ2n) is 7.64. The van der Waals surface area contributed by atoms with E-state index in [1.165, 1.54) is 17.3 Å². The number of hydrogen-bond donors (Lipinski definition) is 2. The summed E-state index contributed by atoms with van der Waals surface area (Å²) < 4.78 is 11.5. The highest BCUT2D eigenvalue weighted by Crippen LogP contribution is 2.41. The molecule has 0 bridgehead atoms. The van der Waals surface area contributed by atoms with Crippen molar-refractivity contribution >= 4 is 50.7 Å². The van der Waals surface area contributed by atoms with Gasteiger partial charge in [0.05, 0.1) is 30.0 Å². The van der Waals surface area contributed by atoms with Crippen LogP contribution in [0.3, 0.4) is 0 Å². The van der Waals surface area contributed by atoms with Gasteiger partial charge in [-0.1, -0.05) is 18.7 Å². The lowest BCUT2D eigenvalue weighted by molar-refractivity contribution is -0.113. The molecule has 0 fully saturated rings. The summed E-state index contributed by atoms with van der Waals surface area (Å²) in [6.45, 7) is 7.37. The predicted molar refractivity (Wildman–Crippen MR) is 126 cm³/mol. The van der Waals surface area contributed by atoms with E-state index in [9.17, 15) is 4.79 Å². The highest BCUT2D eigenvalue weighted by molar-refractivity contribution is 7.99. The van der Waals surface area contributed by atoms with Crippen LogP contribution in [0.5, 0.6) is 5.75 Å². The number of nitrogens with one attached hydrogen (secondary N) is 1. The van der Waals surface area contributed by atoms with Gasteiger partial charge in [0, 0.05) is 17.0 Å². The Morgan fingerprint density at radius 3 is 2.81 bits per heavy atom. The summed E-state index contributed by atoms with van der Waals surface area (Å²) in [5.41, 5.74) is 8.06. The highest BCUT2D eigenvalue weighted by Gasteiger charge is 2.33. The number of rotatable bonds is 7. The zero-order valence-corrected chi connectivity index (χ0v) is 19.5. The van der Waals surface area contributed by atoms with Crippen LogP contribution < -0.4 is 15.8 Å². The summed E-state index contributed by atoms with van der Waals surface area (Å²) in [6.07, 6.45) is 1.74. The van der Waals surface area contributed by atoms with Crippen LogP contribution in [0.25, 0.3) is 10.2 Å². The molecule has 3 N–H and O–H groups in total. The van der Waals surface area contributed by atoms with E-state index in [0.717, 1.165) is 39.4 Å². The number of nitrogens with zero attached hydrogens (tertiary/aromatic N) is 2. The summed E-state index contributed by atoms with van der Waals surface area (Å²) in [7, 11) is 0. The molecular weight excluding hydrogens is 432 g/mol. The van der Waals surface area contributed by atoms with Crippen LogP contribution in [0.15, 0.2) is 29.4 Å². The maximum atomic E-state index is 12.3. The number of fused-ring (bicyclic) bond motifs is 3. The first-order valence-corrected chi connectivity index (χ1v) is 12.1. The quantitative estimate of drug-likeness (QED) is 0.393. The molecule has 31 heavy (non-hydrogen) atoms. The predicted octanol–water partition coefficient (Wildman–Crippen LogP) is 4.64. The molecule has 0 saturated carbocycles. The highest BCUT2D eigenvalue weighted by atomic mass is 32.2. The molecule has 1 aromatic carbocycles. The molecular formula is C22H26N4O3S2. The molecule has 1 unspecified atom stereocenters. The van der Waals surface area contributed by atoms with Crippen LogP contribution in [0.1, 0.15) is 37.6 Å². The summed E-state index contributed by atoms with van der Waals surface area (Å²) in [5, 5.41) is 4.31. The van der Waals surface area contributed by atoms with Gasteiger partial charge in [0.25, 0.3) is 0 Å². The lowest BCUT2D eigenvalue weighted by Gasteiger charge is -2.33. The molecule has 3 heterocycles. The molecule has 1 aliphatic rings. The Morgan fingerprint density at radius 2 is 2.10 bits per heavy atom. The molecule has 7 nitrogen and oxygen atoms in total. The Hall–Kier alpha value is -2.36. The fraction of sp³-hybridized carbons (Fsp3) is 0.409. The fourth-order valence-corrected chi connectivity index (χ4v) is 5.32. The second kappa shape index (κ2) is 9.02. The number of aromatic nitrogens is 2. The van der Waals surface area contributed by atoms with Crippen LogP contribution in [0, 0.1) is 0 Å². The summed E-state index contributed by atoms with van der Waals surface area (Å²) >= 11 is 2.87. The van der Waals surface area contributed by atoms with E-state index in [1.54, 1.807) is 11.3 Å². The number of nitrogen functional groups attached to an aromatic ring is 1. The van der Waals surface area contributed by atoms with E-state index >= 15 is 0 Å². The number of carbonyl (C=O) groups excluding carboxylic acids is 1. The van der Waals surface area contributed by atoms with E-state index in [1.807, 2.05) is 31.2 Å². The maximum Gasteiger partial charge on any atom is 0.234 e. The minimum atomic E-state index is -0.181. The van der Waals surface area contributed by atoms with Crippen molar-refractivity contribution in [3.63, 3.8) is 0 Å². The summed E-state index contributed by atoms with van der Waals surface area (Å²) in [4.78, 5) is 23.5. The van der Waals surface area contributed by atoms with E-state index < -0.39 is 0 Å². The second-order valence-corrected chi connectivity index (χ2v) is 9.66. The van der Waals surface area contributed by atoms with Crippen LogP contribution in [0.4, 0.5) is 11.5 Å². The van der Waals surface area contributed by atoms with Crippen molar-refractivity contribution < 1.29 is 14.3 Å². The molecule has 0 saturated heterocycles. The average Bonchev–Trinajstić information content (AvgIpc) is 3.11.